The van der Waals surface area contributed by atoms with Crippen molar-refractivity contribution in [3.8, 4) is 0 Å². The lowest BCUT2D eigenvalue weighted by Crippen LogP contribution is -2.40. The molecule has 1 amide bonds. The van der Waals surface area contributed by atoms with Crippen LogP contribution in [-0.2, 0) is 13.0 Å². The molecule has 1 aromatic heterocycles. The van der Waals surface area contributed by atoms with E-state index in [0.29, 0.717) is 18.0 Å². The lowest BCUT2D eigenvalue weighted by atomic mass is 10.1. The number of hydrogen-bond donors (Lipinski definition) is 2. The summed E-state index contributed by atoms with van der Waals surface area (Å²) < 4.78 is 5.36. The molecule has 2 N–H and O–H groups in total. The van der Waals surface area contributed by atoms with Crippen LogP contribution in [0.5, 0.6) is 0 Å². The zero-order chi connectivity index (χ0) is 19.6. The number of rotatable bonds is 8. The second-order valence-corrected chi connectivity index (χ2v) is 7.09. The molecular weight excluding hydrogens is 340 g/mol. The Bertz CT molecular complexity index is 719. The summed E-state index contributed by atoms with van der Waals surface area (Å²) in [6, 6.07) is 11.5. The molecule has 2 rings (SSSR count). The molecule has 0 bridgehead atoms. The van der Waals surface area contributed by atoms with Gasteiger partial charge in [0.1, 0.15) is 5.76 Å². The fourth-order valence-corrected chi connectivity index (χ4v) is 2.42. The SMILES string of the molecule is CC(C)CNC(=NCc1ccc(C(=O)N(C)C)cc1)NCCc1ccco1. The van der Waals surface area contributed by atoms with Gasteiger partial charge in [0.15, 0.2) is 5.96 Å². The maximum Gasteiger partial charge on any atom is 0.253 e. The highest BCUT2D eigenvalue weighted by atomic mass is 16.3. The Morgan fingerprint density at radius 1 is 1.15 bits per heavy atom. The van der Waals surface area contributed by atoms with Gasteiger partial charge in [-0.15, -0.1) is 0 Å². The first-order valence-corrected chi connectivity index (χ1v) is 9.31. The van der Waals surface area contributed by atoms with Crippen molar-refractivity contribution in [3.05, 3.63) is 59.5 Å². The van der Waals surface area contributed by atoms with Gasteiger partial charge in [0.2, 0.25) is 0 Å². The van der Waals surface area contributed by atoms with Crippen LogP contribution in [0.4, 0.5) is 0 Å². The lowest BCUT2D eigenvalue weighted by Gasteiger charge is -2.14. The summed E-state index contributed by atoms with van der Waals surface area (Å²) in [5, 5.41) is 6.71. The second-order valence-electron chi connectivity index (χ2n) is 7.09. The van der Waals surface area contributed by atoms with Gasteiger partial charge in [0, 0.05) is 39.2 Å². The molecule has 27 heavy (non-hydrogen) atoms. The Morgan fingerprint density at radius 2 is 1.89 bits per heavy atom. The van der Waals surface area contributed by atoms with E-state index in [1.165, 1.54) is 0 Å². The van der Waals surface area contributed by atoms with Crippen LogP contribution in [0, 0.1) is 5.92 Å². The van der Waals surface area contributed by atoms with Crippen molar-refractivity contribution in [1.29, 1.82) is 0 Å². The van der Waals surface area contributed by atoms with E-state index in [1.807, 2.05) is 36.4 Å². The van der Waals surface area contributed by atoms with Gasteiger partial charge in [-0.1, -0.05) is 26.0 Å². The second kappa shape index (κ2) is 10.4. The van der Waals surface area contributed by atoms with E-state index < -0.39 is 0 Å². The zero-order valence-corrected chi connectivity index (χ0v) is 16.7. The predicted octanol–water partition coefficient (Wildman–Crippen LogP) is 2.92. The van der Waals surface area contributed by atoms with Crippen LogP contribution in [0.1, 0.15) is 35.5 Å². The van der Waals surface area contributed by atoms with Crippen molar-refractivity contribution < 1.29 is 9.21 Å². The van der Waals surface area contributed by atoms with E-state index in [9.17, 15) is 4.79 Å². The molecule has 0 radical (unpaired) electrons. The Labute approximate surface area is 161 Å². The van der Waals surface area contributed by atoms with Crippen LogP contribution in [0.25, 0.3) is 0 Å². The van der Waals surface area contributed by atoms with E-state index >= 15 is 0 Å². The zero-order valence-electron chi connectivity index (χ0n) is 16.7. The molecule has 6 nitrogen and oxygen atoms in total. The summed E-state index contributed by atoms with van der Waals surface area (Å²) in [6.07, 6.45) is 2.49. The molecule has 0 atom stereocenters. The number of amides is 1. The number of nitrogens with one attached hydrogen (secondary N) is 2. The van der Waals surface area contributed by atoms with Gasteiger partial charge in [-0.2, -0.15) is 0 Å². The highest BCUT2D eigenvalue weighted by Crippen LogP contribution is 2.07. The van der Waals surface area contributed by atoms with E-state index in [-0.39, 0.29) is 5.91 Å². The van der Waals surface area contributed by atoms with Crippen LogP contribution in [0.3, 0.4) is 0 Å². The van der Waals surface area contributed by atoms with Gasteiger partial charge in [-0.25, -0.2) is 4.99 Å². The molecule has 146 valence electrons. The molecule has 0 aliphatic rings. The minimum absolute atomic E-state index is 0.00364. The largest absolute Gasteiger partial charge is 0.469 e. The van der Waals surface area contributed by atoms with Crippen LogP contribution in [-0.4, -0.2) is 44.0 Å². The number of carbonyl (C=O) groups is 1. The average Bonchev–Trinajstić information content (AvgIpc) is 3.16. The monoisotopic (exact) mass is 370 g/mol. The Kier molecular flexibility index (Phi) is 7.92. The molecule has 0 aliphatic heterocycles. The normalized spacial score (nSPS) is 11.5. The van der Waals surface area contributed by atoms with Crippen molar-refractivity contribution in [3.63, 3.8) is 0 Å². The summed E-state index contributed by atoms with van der Waals surface area (Å²) in [5.41, 5.74) is 1.74. The molecular formula is C21H30N4O2. The average molecular weight is 370 g/mol. The van der Waals surface area contributed by atoms with E-state index in [2.05, 4.69) is 29.5 Å². The van der Waals surface area contributed by atoms with Gasteiger partial charge in [-0.05, 0) is 35.7 Å². The quantitative estimate of drug-likeness (QED) is 0.554. The molecule has 1 heterocycles. The van der Waals surface area contributed by atoms with Crippen LogP contribution >= 0.6 is 0 Å². The number of nitrogens with zero attached hydrogens (tertiary/aromatic N) is 2. The topological polar surface area (TPSA) is 69.9 Å². The molecule has 0 saturated heterocycles. The Hall–Kier alpha value is -2.76. The molecule has 1 aromatic carbocycles. The first-order valence-electron chi connectivity index (χ1n) is 9.31. The van der Waals surface area contributed by atoms with E-state index in [0.717, 1.165) is 36.8 Å². The van der Waals surface area contributed by atoms with Crippen molar-refractivity contribution in [2.24, 2.45) is 10.9 Å². The van der Waals surface area contributed by atoms with E-state index in [1.54, 1.807) is 25.3 Å². The summed E-state index contributed by atoms with van der Waals surface area (Å²) >= 11 is 0. The number of furan rings is 1. The first kappa shape index (κ1) is 20.6. The highest BCUT2D eigenvalue weighted by molar-refractivity contribution is 5.93. The lowest BCUT2D eigenvalue weighted by molar-refractivity contribution is 0.0827. The van der Waals surface area contributed by atoms with Gasteiger partial charge in [0.05, 0.1) is 12.8 Å². The number of carbonyl (C=O) groups excluding carboxylic acids is 1. The number of hydrogen-bond acceptors (Lipinski definition) is 3. The minimum atomic E-state index is 0.00364. The number of benzene rings is 1. The van der Waals surface area contributed by atoms with Gasteiger partial charge in [0.25, 0.3) is 5.91 Å². The van der Waals surface area contributed by atoms with Crippen molar-refractivity contribution >= 4 is 11.9 Å². The fraction of sp³-hybridized carbons (Fsp3) is 0.429. The third-order valence-electron chi connectivity index (χ3n) is 3.95. The molecule has 0 unspecified atom stereocenters. The Morgan fingerprint density at radius 3 is 2.48 bits per heavy atom. The van der Waals surface area contributed by atoms with Crippen molar-refractivity contribution in [1.82, 2.24) is 15.5 Å². The van der Waals surface area contributed by atoms with Crippen molar-refractivity contribution in [2.45, 2.75) is 26.8 Å². The Balaban J connectivity index is 1.94. The summed E-state index contributed by atoms with van der Waals surface area (Å²) in [6.45, 7) is 6.46. The highest BCUT2D eigenvalue weighted by Gasteiger charge is 2.07. The molecule has 0 saturated carbocycles. The van der Waals surface area contributed by atoms with Gasteiger partial charge in [-0.3, -0.25) is 4.79 Å². The third-order valence-corrected chi connectivity index (χ3v) is 3.95. The summed E-state index contributed by atoms with van der Waals surface area (Å²) in [7, 11) is 3.50. The molecule has 0 fully saturated rings. The van der Waals surface area contributed by atoms with Crippen LogP contribution in [0.15, 0.2) is 52.1 Å². The van der Waals surface area contributed by atoms with E-state index in [4.69, 9.17) is 4.42 Å². The summed E-state index contributed by atoms with van der Waals surface area (Å²) in [5.74, 6) is 2.26. The van der Waals surface area contributed by atoms with Crippen molar-refractivity contribution in [2.75, 3.05) is 27.2 Å². The standard InChI is InChI=1S/C21H30N4O2/c1-16(2)14-23-21(22-12-11-19-6-5-13-27-19)24-15-17-7-9-18(10-8-17)20(26)25(3)4/h5-10,13,16H,11-12,14-15H2,1-4H3,(H2,22,23,24). The molecule has 0 spiro atoms. The molecule has 0 aliphatic carbocycles. The molecule has 2 aromatic rings. The minimum Gasteiger partial charge on any atom is -0.469 e. The van der Waals surface area contributed by atoms with Crippen LogP contribution in [0.2, 0.25) is 0 Å². The summed E-state index contributed by atoms with van der Waals surface area (Å²) in [4.78, 5) is 18.2. The predicted molar refractivity (Wildman–Crippen MR) is 109 cm³/mol. The van der Waals surface area contributed by atoms with Gasteiger partial charge >= 0.3 is 0 Å². The maximum absolute atomic E-state index is 12.0. The maximum atomic E-state index is 12.0. The van der Waals surface area contributed by atoms with Crippen LogP contribution < -0.4 is 10.6 Å². The number of aliphatic imine (C=N–C) groups is 1. The number of guanidine groups is 1. The first-order chi connectivity index (χ1) is 13.0. The smallest absolute Gasteiger partial charge is 0.253 e. The van der Waals surface area contributed by atoms with Gasteiger partial charge < -0.3 is 20.0 Å². The molecule has 6 heteroatoms. The fourth-order valence-electron chi connectivity index (χ4n) is 2.42. The third kappa shape index (κ3) is 7.17.